The van der Waals surface area contributed by atoms with E-state index in [4.69, 9.17) is 4.42 Å². The number of carbonyl (C=O) groups is 1. The lowest BCUT2D eigenvalue weighted by atomic mass is 10.1. The van der Waals surface area contributed by atoms with Crippen LogP contribution in [-0.4, -0.2) is 31.5 Å². The van der Waals surface area contributed by atoms with Gasteiger partial charge in [0, 0.05) is 19.2 Å². The number of pyridine rings is 1. The van der Waals surface area contributed by atoms with Crippen molar-refractivity contribution >= 4 is 11.6 Å². The van der Waals surface area contributed by atoms with Gasteiger partial charge >= 0.3 is 5.69 Å². The third kappa shape index (κ3) is 2.75. The predicted molar refractivity (Wildman–Crippen MR) is 91.2 cm³/mol. The molecule has 4 rings (SSSR count). The SMILES string of the molecule is CCc1ccc([C@H]2CCCN2C(=O)Cn2nc3ccccn3c2=O)o1. The molecule has 130 valence electrons. The standard InChI is InChI=1S/C18H20N4O3/c1-2-13-8-9-15(25-13)14-6-5-11-20(14)17(23)12-22-18(24)21-10-4-3-7-16(21)19-22/h3-4,7-10,14H,2,5-6,11-12H2,1H3/t14-/m1/s1. The van der Waals surface area contributed by atoms with E-state index < -0.39 is 0 Å². The molecule has 25 heavy (non-hydrogen) atoms. The van der Waals surface area contributed by atoms with Gasteiger partial charge in [-0.25, -0.2) is 9.48 Å². The Morgan fingerprint density at radius 2 is 2.20 bits per heavy atom. The Morgan fingerprint density at radius 3 is 2.96 bits per heavy atom. The van der Waals surface area contributed by atoms with E-state index in [2.05, 4.69) is 5.10 Å². The molecule has 0 aromatic carbocycles. The number of fused-ring (bicyclic) bond motifs is 1. The average Bonchev–Trinajstić information content (AvgIpc) is 3.34. The lowest BCUT2D eigenvalue weighted by Crippen LogP contribution is -2.36. The van der Waals surface area contributed by atoms with Gasteiger partial charge in [-0.1, -0.05) is 13.0 Å². The fraction of sp³-hybridized carbons (Fsp3) is 0.389. The maximum Gasteiger partial charge on any atom is 0.350 e. The minimum atomic E-state index is -0.300. The summed E-state index contributed by atoms with van der Waals surface area (Å²) in [6.07, 6.45) is 4.29. The summed E-state index contributed by atoms with van der Waals surface area (Å²) in [6, 6.07) is 9.18. The van der Waals surface area contributed by atoms with Crippen LogP contribution in [0.5, 0.6) is 0 Å². The lowest BCUT2D eigenvalue weighted by Gasteiger charge is -2.23. The summed E-state index contributed by atoms with van der Waals surface area (Å²) >= 11 is 0. The fourth-order valence-electron chi connectivity index (χ4n) is 3.41. The van der Waals surface area contributed by atoms with E-state index in [1.165, 1.54) is 9.08 Å². The molecular weight excluding hydrogens is 320 g/mol. The highest BCUT2D eigenvalue weighted by atomic mass is 16.3. The molecule has 0 radical (unpaired) electrons. The highest BCUT2D eigenvalue weighted by Gasteiger charge is 2.32. The van der Waals surface area contributed by atoms with E-state index in [-0.39, 0.29) is 24.2 Å². The number of aryl methyl sites for hydroxylation is 1. The zero-order valence-corrected chi connectivity index (χ0v) is 14.1. The van der Waals surface area contributed by atoms with Crippen molar-refractivity contribution in [1.82, 2.24) is 19.1 Å². The van der Waals surface area contributed by atoms with Gasteiger partial charge in [0.1, 0.15) is 18.1 Å². The Bertz CT molecular complexity index is 968. The maximum atomic E-state index is 12.8. The van der Waals surface area contributed by atoms with Crippen molar-refractivity contribution in [2.45, 2.75) is 38.8 Å². The van der Waals surface area contributed by atoms with Crippen LogP contribution in [0.3, 0.4) is 0 Å². The Labute approximate surface area is 144 Å². The molecule has 7 nitrogen and oxygen atoms in total. The summed E-state index contributed by atoms with van der Waals surface area (Å²) in [4.78, 5) is 26.9. The third-order valence-corrected chi connectivity index (χ3v) is 4.71. The zero-order valence-electron chi connectivity index (χ0n) is 14.1. The van der Waals surface area contributed by atoms with Crippen molar-refractivity contribution in [1.29, 1.82) is 0 Å². The van der Waals surface area contributed by atoms with Gasteiger partial charge < -0.3 is 9.32 Å². The maximum absolute atomic E-state index is 12.8. The first-order valence-corrected chi connectivity index (χ1v) is 8.59. The van der Waals surface area contributed by atoms with Gasteiger partial charge in [0.15, 0.2) is 5.65 Å². The van der Waals surface area contributed by atoms with Gasteiger partial charge in [-0.2, -0.15) is 0 Å². The average molecular weight is 340 g/mol. The Hall–Kier alpha value is -2.83. The Morgan fingerprint density at radius 1 is 1.32 bits per heavy atom. The Balaban J connectivity index is 1.57. The highest BCUT2D eigenvalue weighted by molar-refractivity contribution is 5.76. The van der Waals surface area contributed by atoms with Crippen molar-refractivity contribution in [3.05, 3.63) is 58.5 Å². The minimum Gasteiger partial charge on any atom is -0.464 e. The largest absolute Gasteiger partial charge is 0.464 e. The molecule has 7 heteroatoms. The number of furan rings is 1. The van der Waals surface area contributed by atoms with Crippen LogP contribution >= 0.6 is 0 Å². The summed E-state index contributed by atoms with van der Waals surface area (Å²) in [5.74, 6) is 1.64. The molecule has 1 aliphatic heterocycles. The highest BCUT2D eigenvalue weighted by Crippen LogP contribution is 2.33. The topological polar surface area (TPSA) is 72.8 Å². The van der Waals surface area contributed by atoms with Crippen LogP contribution in [0, 0.1) is 0 Å². The molecule has 0 bridgehead atoms. The summed E-state index contributed by atoms with van der Waals surface area (Å²) in [7, 11) is 0. The molecule has 0 N–H and O–H groups in total. The monoisotopic (exact) mass is 340 g/mol. The normalized spacial score (nSPS) is 17.5. The van der Waals surface area contributed by atoms with E-state index in [1.807, 2.05) is 25.1 Å². The summed E-state index contributed by atoms with van der Waals surface area (Å²) < 4.78 is 8.51. The van der Waals surface area contributed by atoms with Crippen LogP contribution in [0.2, 0.25) is 0 Å². The molecule has 1 saturated heterocycles. The minimum absolute atomic E-state index is 0.0551. The number of rotatable bonds is 4. The number of likely N-dealkylation sites (tertiary alicyclic amines) is 1. The molecule has 4 heterocycles. The second kappa shape index (κ2) is 6.23. The second-order valence-electron chi connectivity index (χ2n) is 6.27. The number of nitrogens with zero attached hydrogens (tertiary/aromatic N) is 4. The molecule has 3 aromatic rings. The number of hydrogen-bond donors (Lipinski definition) is 0. The van der Waals surface area contributed by atoms with Crippen molar-refractivity contribution in [3.63, 3.8) is 0 Å². The number of amides is 1. The van der Waals surface area contributed by atoms with Gasteiger partial charge in [-0.15, -0.1) is 5.10 Å². The van der Waals surface area contributed by atoms with Gasteiger partial charge in [0.2, 0.25) is 5.91 Å². The molecule has 0 saturated carbocycles. The van der Waals surface area contributed by atoms with Gasteiger partial charge in [0.25, 0.3) is 0 Å². The Kier molecular flexibility index (Phi) is 3.91. The number of aromatic nitrogens is 3. The number of carbonyl (C=O) groups excluding carboxylic acids is 1. The smallest absolute Gasteiger partial charge is 0.350 e. The first-order chi connectivity index (χ1) is 12.2. The lowest BCUT2D eigenvalue weighted by molar-refractivity contribution is -0.133. The van der Waals surface area contributed by atoms with Gasteiger partial charge in [0.05, 0.1) is 6.04 Å². The van der Waals surface area contributed by atoms with Crippen LogP contribution in [0.4, 0.5) is 0 Å². The zero-order chi connectivity index (χ0) is 17.4. The summed E-state index contributed by atoms with van der Waals surface area (Å²) in [5.41, 5.74) is 0.239. The van der Waals surface area contributed by atoms with Crippen LogP contribution < -0.4 is 5.69 Å². The van der Waals surface area contributed by atoms with Crippen molar-refractivity contribution < 1.29 is 9.21 Å². The van der Waals surface area contributed by atoms with Gasteiger partial charge in [-0.3, -0.25) is 9.20 Å². The molecule has 1 amide bonds. The molecule has 0 aliphatic carbocycles. The summed E-state index contributed by atoms with van der Waals surface area (Å²) in [5, 5.41) is 4.23. The molecular formula is C18H20N4O3. The van der Waals surface area contributed by atoms with Crippen molar-refractivity contribution in [2.24, 2.45) is 0 Å². The van der Waals surface area contributed by atoms with Crippen LogP contribution in [0.25, 0.3) is 5.65 Å². The van der Waals surface area contributed by atoms with Crippen LogP contribution in [-0.2, 0) is 17.8 Å². The predicted octanol–water partition coefficient (Wildman–Crippen LogP) is 2.02. The van der Waals surface area contributed by atoms with E-state index in [0.29, 0.717) is 12.2 Å². The molecule has 0 spiro atoms. The van der Waals surface area contributed by atoms with Crippen molar-refractivity contribution in [3.8, 4) is 0 Å². The van der Waals surface area contributed by atoms with E-state index >= 15 is 0 Å². The molecule has 3 aromatic heterocycles. The van der Waals surface area contributed by atoms with Crippen LogP contribution in [0.1, 0.15) is 37.3 Å². The van der Waals surface area contributed by atoms with E-state index in [1.54, 1.807) is 23.2 Å². The fourth-order valence-corrected chi connectivity index (χ4v) is 3.41. The second-order valence-corrected chi connectivity index (χ2v) is 6.27. The molecule has 1 atom stereocenters. The summed E-state index contributed by atoms with van der Waals surface area (Å²) in [6.45, 7) is 2.65. The first-order valence-electron chi connectivity index (χ1n) is 8.59. The van der Waals surface area contributed by atoms with Gasteiger partial charge in [-0.05, 0) is 37.1 Å². The van der Waals surface area contributed by atoms with E-state index in [9.17, 15) is 9.59 Å². The molecule has 1 aliphatic rings. The molecule has 0 unspecified atom stereocenters. The molecule has 1 fully saturated rings. The van der Waals surface area contributed by atoms with Crippen LogP contribution in [0.15, 0.2) is 45.7 Å². The number of hydrogen-bond acceptors (Lipinski definition) is 4. The first kappa shape index (κ1) is 15.7. The van der Waals surface area contributed by atoms with Crippen molar-refractivity contribution in [2.75, 3.05) is 6.54 Å². The van der Waals surface area contributed by atoms with E-state index in [0.717, 1.165) is 30.8 Å². The quantitative estimate of drug-likeness (QED) is 0.728. The third-order valence-electron chi connectivity index (χ3n) is 4.71.